The number of non-ortho nitro benzene ring substituents is 2. The molecule has 0 radical (unpaired) electrons. The Kier molecular flexibility index (Phi) is 5.78. The molecule has 150 valence electrons. The average molecular weight is 406 g/mol. The summed E-state index contributed by atoms with van der Waals surface area (Å²) in [5, 5.41) is 26.8. The van der Waals surface area contributed by atoms with Gasteiger partial charge in [0.25, 0.3) is 23.2 Å². The summed E-state index contributed by atoms with van der Waals surface area (Å²) in [5.41, 5.74) is 0.410. The van der Waals surface area contributed by atoms with Gasteiger partial charge in [-0.3, -0.25) is 29.8 Å². The van der Waals surface area contributed by atoms with Crippen molar-refractivity contribution in [3.63, 3.8) is 0 Å². The van der Waals surface area contributed by atoms with Gasteiger partial charge in [0.2, 0.25) is 0 Å². The zero-order valence-electron chi connectivity index (χ0n) is 15.3. The molecule has 0 saturated carbocycles. The van der Waals surface area contributed by atoms with E-state index in [-0.39, 0.29) is 28.2 Å². The fraction of sp³-hybridized carbons (Fsp3) is 0. The summed E-state index contributed by atoms with van der Waals surface area (Å²) in [7, 11) is 0. The maximum atomic E-state index is 12.6. The molecule has 0 atom stereocenters. The van der Waals surface area contributed by atoms with Crippen molar-refractivity contribution in [2.75, 3.05) is 10.6 Å². The number of amides is 2. The molecule has 2 N–H and O–H groups in total. The Balaban J connectivity index is 1.79. The standard InChI is InChI=1S/C20H14N4O6/c25-19(13-4-3-5-16(12-13)24(29)30)22-18-7-2-1-6-17(18)20(26)21-14-8-10-15(11-9-14)23(27)28/h1-12H,(H,21,26)(H,22,25). The Morgan fingerprint density at radius 3 is 2.03 bits per heavy atom. The minimum atomic E-state index is -0.616. The summed E-state index contributed by atoms with van der Waals surface area (Å²) in [5.74, 6) is -1.16. The zero-order chi connectivity index (χ0) is 21.7. The number of nitrogens with zero attached hydrogens (tertiary/aromatic N) is 2. The summed E-state index contributed by atoms with van der Waals surface area (Å²) in [6.07, 6.45) is 0. The number of carbonyl (C=O) groups is 2. The van der Waals surface area contributed by atoms with Crippen LogP contribution >= 0.6 is 0 Å². The molecule has 0 bridgehead atoms. The van der Waals surface area contributed by atoms with E-state index in [0.29, 0.717) is 5.69 Å². The lowest BCUT2D eigenvalue weighted by atomic mass is 10.1. The Hall–Kier alpha value is -4.60. The first-order valence-corrected chi connectivity index (χ1v) is 8.56. The summed E-state index contributed by atoms with van der Waals surface area (Å²) in [4.78, 5) is 45.6. The Morgan fingerprint density at radius 2 is 1.37 bits per heavy atom. The van der Waals surface area contributed by atoms with Gasteiger partial charge < -0.3 is 10.6 Å². The van der Waals surface area contributed by atoms with Crippen LogP contribution in [-0.2, 0) is 0 Å². The van der Waals surface area contributed by atoms with Crippen LogP contribution in [0, 0.1) is 20.2 Å². The Morgan fingerprint density at radius 1 is 0.700 bits per heavy atom. The van der Waals surface area contributed by atoms with Crippen molar-refractivity contribution < 1.29 is 19.4 Å². The van der Waals surface area contributed by atoms with E-state index in [1.807, 2.05) is 0 Å². The van der Waals surface area contributed by atoms with Crippen LogP contribution in [0.25, 0.3) is 0 Å². The zero-order valence-corrected chi connectivity index (χ0v) is 15.3. The van der Waals surface area contributed by atoms with Crippen molar-refractivity contribution >= 4 is 34.6 Å². The van der Waals surface area contributed by atoms with E-state index in [1.165, 1.54) is 54.6 Å². The second-order valence-electron chi connectivity index (χ2n) is 6.07. The largest absolute Gasteiger partial charge is 0.322 e. The Labute approximate surface area is 169 Å². The van der Waals surface area contributed by atoms with E-state index in [4.69, 9.17) is 0 Å². The quantitative estimate of drug-likeness (QED) is 0.467. The number of hydrogen-bond donors (Lipinski definition) is 2. The van der Waals surface area contributed by atoms with E-state index in [9.17, 15) is 29.8 Å². The third kappa shape index (κ3) is 4.62. The predicted octanol–water partition coefficient (Wildman–Crippen LogP) is 4.01. The van der Waals surface area contributed by atoms with Crippen LogP contribution in [0.2, 0.25) is 0 Å². The maximum Gasteiger partial charge on any atom is 0.270 e. The smallest absolute Gasteiger partial charge is 0.270 e. The highest BCUT2D eigenvalue weighted by Crippen LogP contribution is 2.21. The molecule has 3 aromatic carbocycles. The molecule has 0 spiro atoms. The number of nitrogens with one attached hydrogen (secondary N) is 2. The number of para-hydroxylation sites is 1. The molecule has 0 aliphatic rings. The van der Waals surface area contributed by atoms with Crippen molar-refractivity contribution in [1.82, 2.24) is 0 Å². The SMILES string of the molecule is O=C(Nc1ccccc1C(=O)Nc1ccc([N+](=O)[O-])cc1)c1cccc([N+](=O)[O-])c1. The highest BCUT2D eigenvalue weighted by Gasteiger charge is 2.16. The molecular formula is C20H14N4O6. The first kappa shape index (κ1) is 20.1. The maximum absolute atomic E-state index is 12.6. The molecule has 0 aliphatic carbocycles. The summed E-state index contributed by atoms with van der Waals surface area (Å²) < 4.78 is 0. The van der Waals surface area contributed by atoms with E-state index >= 15 is 0 Å². The summed E-state index contributed by atoms with van der Waals surface area (Å²) in [6.45, 7) is 0. The van der Waals surface area contributed by atoms with Gasteiger partial charge in [0.05, 0.1) is 21.1 Å². The van der Waals surface area contributed by atoms with Crippen LogP contribution in [0.4, 0.5) is 22.7 Å². The molecule has 10 heteroatoms. The van der Waals surface area contributed by atoms with Gasteiger partial charge in [0.15, 0.2) is 0 Å². The third-order valence-corrected chi connectivity index (χ3v) is 4.08. The monoisotopic (exact) mass is 406 g/mol. The lowest BCUT2D eigenvalue weighted by Crippen LogP contribution is -2.18. The van der Waals surface area contributed by atoms with Crippen molar-refractivity contribution in [2.24, 2.45) is 0 Å². The average Bonchev–Trinajstić information content (AvgIpc) is 2.74. The number of nitro benzene ring substituents is 2. The number of hydrogen-bond acceptors (Lipinski definition) is 6. The highest BCUT2D eigenvalue weighted by atomic mass is 16.6. The summed E-state index contributed by atoms with van der Waals surface area (Å²) >= 11 is 0. The molecule has 3 aromatic rings. The Bertz CT molecular complexity index is 1140. The molecule has 3 rings (SSSR count). The van der Waals surface area contributed by atoms with E-state index in [0.717, 1.165) is 6.07 Å². The predicted molar refractivity (Wildman–Crippen MR) is 109 cm³/mol. The van der Waals surface area contributed by atoms with Crippen molar-refractivity contribution in [2.45, 2.75) is 0 Å². The second kappa shape index (κ2) is 8.61. The normalized spacial score (nSPS) is 10.1. The molecule has 0 fully saturated rings. The van der Waals surface area contributed by atoms with Gasteiger partial charge in [0.1, 0.15) is 0 Å². The van der Waals surface area contributed by atoms with E-state index in [1.54, 1.807) is 12.1 Å². The molecule has 30 heavy (non-hydrogen) atoms. The van der Waals surface area contributed by atoms with Crippen molar-refractivity contribution in [1.29, 1.82) is 0 Å². The minimum Gasteiger partial charge on any atom is -0.322 e. The van der Waals surface area contributed by atoms with Crippen LogP contribution in [0.1, 0.15) is 20.7 Å². The van der Waals surface area contributed by atoms with Crippen LogP contribution in [0.5, 0.6) is 0 Å². The number of rotatable bonds is 6. The van der Waals surface area contributed by atoms with Crippen LogP contribution < -0.4 is 10.6 Å². The van der Waals surface area contributed by atoms with Gasteiger partial charge >= 0.3 is 0 Å². The highest BCUT2D eigenvalue weighted by molar-refractivity contribution is 6.12. The first-order valence-electron chi connectivity index (χ1n) is 8.56. The van der Waals surface area contributed by atoms with Gasteiger partial charge in [-0.1, -0.05) is 18.2 Å². The number of benzene rings is 3. The van der Waals surface area contributed by atoms with Crippen LogP contribution in [-0.4, -0.2) is 21.7 Å². The topological polar surface area (TPSA) is 144 Å². The molecule has 2 amide bonds. The second-order valence-corrected chi connectivity index (χ2v) is 6.07. The first-order chi connectivity index (χ1) is 14.3. The van der Waals surface area contributed by atoms with Gasteiger partial charge in [-0.05, 0) is 30.3 Å². The number of carbonyl (C=O) groups excluding carboxylic acids is 2. The van der Waals surface area contributed by atoms with Gasteiger partial charge in [-0.25, -0.2) is 0 Å². The van der Waals surface area contributed by atoms with Gasteiger partial charge in [-0.2, -0.15) is 0 Å². The third-order valence-electron chi connectivity index (χ3n) is 4.08. The van der Waals surface area contributed by atoms with E-state index in [2.05, 4.69) is 10.6 Å². The number of nitro groups is 2. The van der Waals surface area contributed by atoms with Crippen molar-refractivity contribution in [3.8, 4) is 0 Å². The lowest BCUT2D eigenvalue weighted by Gasteiger charge is -2.11. The molecule has 0 unspecified atom stereocenters. The molecule has 0 aliphatic heterocycles. The molecular weight excluding hydrogens is 392 g/mol. The molecule has 0 aromatic heterocycles. The van der Waals surface area contributed by atoms with Crippen LogP contribution in [0.15, 0.2) is 72.8 Å². The molecule has 10 nitrogen and oxygen atoms in total. The minimum absolute atomic E-state index is 0.0646. The molecule has 0 saturated heterocycles. The molecule has 0 heterocycles. The fourth-order valence-corrected chi connectivity index (χ4v) is 2.61. The lowest BCUT2D eigenvalue weighted by molar-refractivity contribution is -0.385. The fourth-order valence-electron chi connectivity index (χ4n) is 2.61. The van der Waals surface area contributed by atoms with Gasteiger partial charge in [-0.15, -0.1) is 0 Å². The number of anilines is 2. The van der Waals surface area contributed by atoms with E-state index < -0.39 is 21.7 Å². The summed E-state index contributed by atoms with van der Waals surface area (Å²) in [6, 6.07) is 16.7. The van der Waals surface area contributed by atoms with Gasteiger partial charge in [0, 0.05) is 35.5 Å². The van der Waals surface area contributed by atoms with Crippen molar-refractivity contribution in [3.05, 3.63) is 104 Å². The van der Waals surface area contributed by atoms with Crippen LogP contribution in [0.3, 0.4) is 0 Å².